The van der Waals surface area contributed by atoms with Gasteiger partial charge in [0.15, 0.2) is 5.58 Å². The first-order valence-electron chi connectivity index (χ1n) is 4.08. The number of fused-ring (bicyclic) bond motifs is 1. The second-order valence-electron chi connectivity index (χ2n) is 2.69. The number of hydrogen-bond acceptors (Lipinski definition) is 4. The lowest BCUT2D eigenvalue weighted by molar-refractivity contribution is -0.0664. The second-order valence-corrected chi connectivity index (χ2v) is 2.69. The van der Waals surface area contributed by atoms with Crippen LogP contribution in [-0.4, -0.2) is 18.7 Å². The van der Waals surface area contributed by atoms with Crippen molar-refractivity contribution in [1.82, 2.24) is 4.98 Å². The van der Waals surface area contributed by atoms with Crippen LogP contribution in [0.3, 0.4) is 0 Å². The highest BCUT2D eigenvalue weighted by Crippen LogP contribution is 2.25. The average Bonchev–Trinajstić information content (AvgIpc) is 2.57. The average molecular weight is 215 g/mol. The standard InChI is InChI=1S/C9H7F2NO3/c1-13-5-2-3-7-6(4-5)12-9(14-7)15-8(10)11/h2-4,8H,1H3. The molecule has 0 N–H and O–H groups in total. The van der Waals surface area contributed by atoms with Crippen molar-refractivity contribution >= 4 is 11.1 Å². The molecule has 80 valence electrons. The minimum atomic E-state index is -2.94. The highest BCUT2D eigenvalue weighted by atomic mass is 19.3. The molecule has 0 unspecified atom stereocenters. The zero-order valence-corrected chi connectivity index (χ0v) is 7.74. The van der Waals surface area contributed by atoms with Gasteiger partial charge in [-0.3, -0.25) is 0 Å². The summed E-state index contributed by atoms with van der Waals surface area (Å²) in [4.78, 5) is 3.71. The smallest absolute Gasteiger partial charge is 0.399 e. The number of oxazole rings is 1. The molecule has 0 atom stereocenters. The van der Waals surface area contributed by atoms with E-state index in [1.54, 1.807) is 18.2 Å². The van der Waals surface area contributed by atoms with Crippen LogP contribution in [0.2, 0.25) is 0 Å². The third-order valence-corrected chi connectivity index (χ3v) is 1.77. The Labute approximate surface area is 83.4 Å². The third-order valence-electron chi connectivity index (χ3n) is 1.77. The van der Waals surface area contributed by atoms with Crippen LogP contribution in [0.4, 0.5) is 8.78 Å². The maximum atomic E-state index is 11.8. The Morgan fingerprint density at radius 1 is 1.40 bits per heavy atom. The van der Waals surface area contributed by atoms with Crippen molar-refractivity contribution in [3.05, 3.63) is 18.2 Å². The van der Waals surface area contributed by atoms with E-state index in [1.165, 1.54) is 7.11 Å². The Hall–Kier alpha value is -1.85. The fourth-order valence-corrected chi connectivity index (χ4v) is 1.14. The predicted molar refractivity (Wildman–Crippen MR) is 47.2 cm³/mol. The van der Waals surface area contributed by atoms with E-state index in [4.69, 9.17) is 9.15 Å². The van der Waals surface area contributed by atoms with Gasteiger partial charge in [-0.15, -0.1) is 0 Å². The van der Waals surface area contributed by atoms with Gasteiger partial charge in [-0.1, -0.05) is 0 Å². The van der Waals surface area contributed by atoms with Gasteiger partial charge >= 0.3 is 12.7 Å². The van der Waals surface area contributed by atoms with E-state index < -0.39 is 12.7 Å². The molecule has 0 bridgehead atoms. The van der Waals surface area contributed by atoms with Gasteiger partial charge in [-0.25, -0.2) is 0 Å². The fourth-order valence-electron chi connectivity index (χ4n) is 1.14. The molecule has 15 heavy (non-hydrogen) atoms. The summed E-state index contributed by atoms with van der Waals surface area (Å²) in [5.41, 5.74) is 0.774. The highest BCUT2D eigenvalue weighted by molar-refractivity contribution is 5.74. The van der Waals surface area contributed by atoms with E-state index in [0.29, 0.717) is 16.8 Å². The molecule has 0 fully saturated rings. The predicted octanol–water partition coefficient (Wildman–Crippen LogP) is 2.44. The molecular formula is C9H7F2NO3. The summed E-state index contributed by atoms with van der Waals surface area (Å²) in [7, 11) is 1.50. The molecule has 0 aliphatic rings. The summed E-state index contributed by atoms with van der Waals surface area (Å²) in [6.45, 7) is -2.94. The molecule has 2 aromatic rings. The van der Waals surface area contributed by atoms with Crippen molar-refractivity contribution in [3.8, 4) is 11.8 Å². The summed E-state index contributed by atoms with van der Waals surface area (Å²) in [6, 6.07) is 4.77. The van der Waals surface area contributed by atoms with E-state index >= 15 is 0 Å². The van der Waals surface area contributed by atoms with Gasteiger partial charge in [0.2, 0.25) is 0 Å². The first-order chi connectivity index (χ1) is 7.19. The van der Waals surface area contributed by atoms with Crippen LogP contribution in [-0.2, 0) is 0 Å². The maximum absolute atomic E-state index is 11.8. The molecule has 1 aromatic carbocycles. The van der Waals surface area contributed by atoms with Crippen LogP contribution in [0.25, 0.3) is 11.1 Å². The van der Waals surface area contributed by atoms with Crippen molar-refractivity contribution in [1.29, 1.82) is 0 Å². The van der Waals surface area contributed by atoms with Gasteiger partial charge in [0.1, 0.15) is 11.3 Å². The Balaban J connectivity index is 2.37. The number of hydrogen-bond donors (Lipinski definition) is 0. The lowest BCUT2D eigenvalue weighted by Gasteiger charge is -1.95. The minimum absolute atomic E-state index is 0.367. The molecule has 0 amide bonds. The summed E-state index contributed by atoms with van der Waals surface area (Å²) >= 11 is 0. The first-order valence-corrected chi connectivity index (χ1v) is 4.08. The van der Waals surface area contributed by atoms with Crippen molar-refractivity contribution in [2.75, 3.05) is 7.11 Å². The van der Waals surface area contributed by atoms with Crippen molar-refractivity contribution < 1.29 is 22.7 Å². The minimum Gasteiger partial charge on any atom is -0.497 e. The van der Waals surface area contributed by atoms with E-state index in [-0.39, 0.29) is 0 Å². The van der Waals surface area contributed by atoms with Gasteiger partial charge in [0.05, 0.1) is 7.11 Å². The van der Waals surface area contributed by atoms with E-state index in [2.05, 4.69) is 9.72 Å². The van der Waals surface area contributed by atoms with Crippen molar-refractivity contribution in [3.63, 3.8) is 0 Å². The van der Waals surface area contributed by atoms with E-state index in [9.17, 15) is 8.78 Å². The largest absolute Gasteiger partial charge is 0.497 e. The number of nitrogens with zero attached hydrogens (tertiary/aromatic N) is 1. The van der Waals surface area contributed by atoms with Gasteiger partial charge in [0.25, 0.3) is 0 Å². The number of aromatic nitrogens is 1. The van der Waals surface area contributed by atoms with Crippen LogP contribution in [0.5, 0.6) is 11.8 Å². The summed E-state index contributed by atoms with van der Waals surface area (Å²) in [5, 5.41) is 0. The van der Waals surface area contributed by atoms with Gasteiger partial charge in [-0.2, -0.15) is 13.8 Å². The van der Waals surface area contributed by atoms with Crippen LogP contribution in [0, 0.1) is 0 Å². The number of rotatable bonds is 3. The zero-order chi connectivity index (χ0) is 10.8. The molecule has 2 rings (SSSR count). The van der Waals surface area contributed by atoms with Crippen LogP contribution in [0.15, 0.2) is 22.6 Å². The van der Waals surface area contributed by atoms with Crippen LogP contribution in [0.1, 0.15) is 0 Å². The van der Waals surface area contributed by atoms with Crippen LogP contribution >= 0.6 is 0 Å². The molecule has 0 aliphatic carbocycles. The van der Waals surface area contributed by atoms with Gasteiger partial charge < -0.3 is 13.9 Å². The molecular weight excluding hydrogens is 208 g/mol. The molecule has 0 radical (unpaired) electrons. The lowest BCUT2D eigenvalue weighted by atomic mass is 10.3. The topological polar surface area (TPSA) is 44.5 Å². The Morgan fingerprint density at radius 2 is 2.20 bits per heavy atom. The first kappa shape index (κ1) is 9.70. The quantitative estimate of drug-likeness (QED) is 0.788. The number of methoxy groups -OCH3 is 1. The van der Waals surface area contributed by atoms with E-state index in [1.807, 2.05) is 0 Å². The Morgan fingerprint density at radius 3 is 2.87 bits per heavy atom. The molecule has 6 heteroatoms. The zero-order valence-electron chi connectivity index (χ0n) is 7.74. The summed E-state index contributed by atoms with van der Waals surface area (Å²) in [5.74, 6) is 0.569. The van der Waals surface area contributed by atoms with Gasteiger partial charge in [-0.05, 0) is 12.1 Å². The molecule has 0 spiro atoms. The van der Waals surface area contributed by atoms with Crippen molar-refractivity contribution in [2.24, 2.45) is 0 Å². The number of halogens is 2. The third kappa shape index (κ3) is 1.98. The number of ether oxygens (including phenoxy) is 2. The highest BCUT2D eigenvalue weighted by Gasteiger charge is 2.12. The molecule has 0 saturated carbocycles. The monoisotopic (exact) mass is 215 g/mol. The Bertz CT molecular complexity index is 469. The normalized spacial score (nSPS) is 10.9. The number of benzene rings is 1. The SMILES string of the molecule is COc1ccc2oc(OC(F)F)nc2c1. The number of alkyl halides is 2. The fraction of sp³-hybridized carbons (Fsp3) is 0.222. The lowest BCUT2D eigenvalue weighted by Crippen LogP contribution is -2.01. The Kier molecular flexibility index (Phi) is 2.40. The molecule has 1 aromatic heterocycles. The maximum Gasteiger partial charge on any atom is 0.399 e. The molecule has 1 heterocycles. The molecule has 0 saturated heterocycles. The van der Waals surface area contributed by atoms with Gasteiger partial charge in [0, 0.05) is 6.07 Å². The molecule has 4 nitrogen and oxygen atoms in total. The second kappa shape index (κ2) is 3.72. The molecule has 0 aliphatic heterocycles. The van der Waals surface area contributed by atoms with E-state index in [0.717, 1.165) is 0 Å². The van der Waals surface area contributed by atoms with Crippen LogP contribution < -0.4 is 9.47 Å². The van der Waals surface area contributed by atoms with Crippen molar-refractivity contribution in [2.45, 2.75) is 6.61 Å². The summed E-state index contributed by atoms with van der Waals surface area (Å²) < 4.78 is 37.6. The summed E-state index contributed by atoms with van der Waals surface area (Å²) in [6.07, 6.45) is -0.451.